The lowest BCUT2D eigenvalue weighted by Gasteiger charge is -2.29. The summed E-state index contributed by atoms with van der Waals surface area (Å²) in [5.41, 5.74) is 2.85. The van der Waals surface area contributed by atoms with Gasteiger partial charge >= 0.3 is 5.97 Å². The maximum absolute atomic E-state index is 11.2. The third kappa shape index (κ3) is 1.43. The first-order valence-corrected chi connectivity index (χ1v) is 4.63. The fourth-order valence-electron chi connectivity index (χ4n) is 1.55. The molecule has 1 atom stereocenters. The lowest BCUT2D eigenvalue weighted by atomic mass is 9.85. The molecule has 0 N–H and O–H groups in total. The Bertz CT molecular complexity index is 393. The Hall–Kier alpha value is -1.57. The molecule has 0 radical (unpaired) electrons. The second-order valence-electron chi connectivity index (χ2n) is 3.58. The van der Waals surface area contributed by atoms with Gasteiger partial charge in [0, 0.05) is 12.0 Å². The minimum absolute atomic E-state index is 0.0598. The molecule has 2 nitrogen and oxygen atoms in total. The minimum Gasteiger partial charge on any atom is -0.454 e. The van der Waals surface area contributed by atoms with Gasteiger partial charge in [-0.1, -0.05) is 30.8 Å². The quantitative estimate of drug-likeness (QED) is 0.526. The average Bonchev–Trinajstić information content (AvgIpc) is 2.13. The first-order chi connectivity index (χ1) is 6.68. The summed E-state index contributed by atoms with van der Waals surface area (Å²) in [5, 5.41) is 0. The number of esters is 1. The van der Waals surface area contributed by atoms with Crippen LogP contribution in [0.2, 0.25) is 0 Å². The van der Waals surface area contributed by atoms with Crippen LogP contribution in [0.4, 0.5) is 0 Å². The van der Waals surface area contributed by atoms with E-state index in [1.54, 1.807) is 6.92 Å². The van der Waals surface area contributed by atoms with Crippen molar-refractivity contribution in [2.24, 2.45) is 0 Å². The van der Waals surface area contributed by atoms with E-state index >= 15 is 0 Å². The highest BCUT2D eigenvalue weighted by molar-refractivity contribution is 5.87. The first kappa shape index (κ1) is 9.00. The Morgan fingerprint density at radius 1 is 1.50 bits per heavy atom. The van der Waals surface area contributed by atoms with E-state index in [4.69, 9.17) is 4.74 Å². The van der Waals surface area contributed by atoms with Gasteiger partial charge in [-0.15, -0.1) is 0 Å². The number of ether oxygens (including phenoxy) is 1. The summed E-state index contributed by atoms with van der Waals surface area (Å²) in [5.74, 6) is -0.301. The van der Waals surface area contributed by atoms with Crippen LogP contribution in [0.25, 0.3) is 0 Å². The molecular weight excluding hydrogens is 176 g/mol. The van der Waals surface area contributed by atoms with Gasteiger partial charge in [0.15, 0.2) is 0 Å². The molecule has 72 valence electrons. The molecular formula is C12H12O2. The molecule has 1 aliphatic rings. The summed E-state index contributed by atoms with van der Waals surface area (Å²) in [6, 6.07) is 8.00. The molecule has 1 aromatic carbocycles. The molecule has 2 heteroatoms. The molecule has 1 unspecified atom stereocenters. The first-order valence-electron chi connectivity index (χ1n) is 4.63. The number of carbonyl (C=O) groups is 1. The summed E-state index contributed by atoms with van der Waals surface area (Å²) >= 11 is 0. The number of rotatable bonds is 2. The van der Waals surface area contributed by atoms with Gasteiger partial charge in [0.2, 0.25) is 0 Å². The van der Waals surface area contributed by atoms with Gasteiger partial charge in [-0.2, -0.15) is 0 Å². The summed E-state index contributed by atoms with van der Waals surface area (Å²) < 4.78 is 5.24. The Labute approximate surface area is 83.2 Å². The number of hydrogen-bond acceptors (Lipinski definition) is 2. The monoisotopic (exact) mass is 188 g/mol. The second-order valence-corrected chi connectivity index (χ2v) is 3.58. The third-order valence-electron chi connectivity index (χ3n) is 2.41. The standard InChI is InChI=1S/C12H12O2/c1-8(2)12(13)14-11-7-9-5-3-4-6-10(9)11/h3-6,11H,1,7H2,2H3. The van der Waals surface area contributed by atoms with Crippen LogP contribution in [0.5, 0.6) is 0 Å². The van der Waals surface area contributed by atoms with Crippen LogP contribution in [0.15, 0.2) is 36.4 Å². The van der Waals surface area contributed by atoms with Gasteiger partial charge in [0.25, 0.3) is 0 Å². The predicted octanol–water partition coefficient (Wildman–Crippen LogP) is 2.40. The van der Waals surface area contributed by atoms with Gasteiger partial charge in [0.05, 0.1) is 0 Å². The van der Waals surface area contributed by atoms with Crippen molar-refractivity contribution in [1.29, 1.82) is 0 Å². The van der Waals surface area contributed by atoms with Gasteiger partial charge in [-0.3, -0.25) is 0 Å². The van der Waals surface area contributed by atoms with Crippen LogP contribution in [-0.4, -0.2) is 5.97 Å². The molecule has 0 bridgehead atoms. The number of fused-ring (bicyclic) bond motifs is 1. The van der Waals surface area contributed by atoms with E-state index in [-0.39, 0.29) is 12.1 Å². The second kappa shape index (κ2) is 3.29. The van der Waals surface area contributed by atoms with Crippen LogP contribution in [0, 0.1) is 0 Å². The van der Waals surface area contributed by atoms with E-state index < -0.39 is 0 Å². The maximum atomic E-state index is 11.2. The molecule has 1 aliphatic carbocycles. The Balaban J connectivity index is 2.06. The van der Waals surface area contributed by atoms with Gasteiger partial charge in [-0.25, -0.2) is 4.79 Å². The van der Waals surface area contributed by atoms with E-state index in [2.05, 4.69) is 12.6 Å². The van der Waals surface area contributed by atoms with E-state index in [1.807, 2.05) is 18.2 Å². The van der Waals surface area contributed by atoms with Crippen molar-refractivity contribution in [3.05, 3.63) is 47.5 Å². The van der Waals surface area contributed by atoms with Crippen molar-refractivity contribution >= 4 is 5.97 Å². The lowest BCUT2D eigenvalue weighted by molar-refractivity contribution is -0.145. The molecule has 0 aromatic heterocycles. The average molecular weight is 188 g/mol. The zero-order chi connectivity index (χ0) is 10.1. The highest BCUT2D eigenvalue weighted by Crippen LogP contribution is 2.35. The van der Waals surface area contributed by atoms with Crippen LogP contribution >= 0.6 is 0 Å². The van der Waals surface area contributed by atoms with Crippen molar-refractivity contribution in [1.82, 2.24) is 0 Å². The highest BCUT2D eigenvalue weighted by atomic mass is 16.5. The molecule has 0 heterocycles. The maximum Gasteiger partial charge on any atom is 0.333 e. The lowest BCUT2D eigenvalue weighted by Crippen LogP contribution is -2.22. The van der Waals surface area contributed by atoms with Crippen molar-refractivity contribution in [2.75, 3.05) is 0 Å². The molecule has 0 amide bonds. The molecule has 0 saturated heterocycles. The normalized spacial score (nSPS) is 17.9. The third-order valence-corrected chi connectivity index (χ3v) is 2.41. The SMILES string of the molecule is C=C(C)C(=O)OC1Cc2ccccc21. The molecule has 2 rings (SSSR count). The van der Waals surface area contributed by atoms with Crippen molar-refractivity contribution in [3.63, 3.8) is 0 Å². The summed E-state index contributed by atoms with van der Waals surface area (Å²) in [4.78, 5) is 11.2. The van der Waals surface area contributed by atoms with Gasteiger partial charge in [-0.05, 0) is 18.1 Å². The molecule has 0 saturated carbocycles. The zero-order valence-corrected chi connectivity index (χ0v) is 8.12. The van der Waals surface area contributed by atoms with Gasteiger partial charge in [0.1, 0.15) is 6.10 Å². The highest BCUT2D eigenvalue weighted by Gasteiger charge is 2.28. The van der Waals surface area contributed by atoms with Crippen LogP contribution < -0.4 is 0 Å². The number of benzene rings is 1. The van der Waals surface area contributed by atoms with Crippen LogP contribution in [-0.2, 0) is 16.0 Å². The Morgan fingerprint density at radius 3 is 2.86 bits per heavy atom. The fourth-order valence-corrected chi connectivity index (χ4v) is 1.55. The van der Waals surface area contributed by atoms with Crippen LogP contribution in [0.3, 0.4) is 0 Å². The smallest absolute Gasteiger partial charge is 0.333 e. The molecule has 1 aromatic rings. The summed E-state index contributed by atoms with van der Waals surface area (Å²) in [6.45, 7) is 5.21. The van der Waals surface area contributed by atoms with E-state index in [0.717, 1.165) is 12.0 Å². The topological polar surface area (TPSA) is 26.3 Å². The van der Waals surface area contributed by atoms with Crippen LogP contribution in [0.1, 0.15) is 24.2 Å². The molecule has 0 aliphatic heterocycles. The fraction of sp³-hybridized carbons (Fsp3) is 0.250. The van der Waals surface area contributed by atoms with E-state index in [9.17, 15) is 4.79 Å². The van der Waals surface area contributed by atoms with E-state index in [0.29, 0.717) is 5.57 Å². The molecule has 0 fully saturated rings. The predicted molar refractivity (Wildman–Crippen MR) is 53.8 cm³/mol. The van der Waals surface area contributed by atoms with Crippen molar-refractivity contribution in [2.45, 2.75) is 19.4 Å². The van der Waals surface area contributed by atoms with Crippen molar-refractivity contribution < 1.29 is 9.53 Å². The summed E-state index contributed by atoms with van der Waals surface area (Å²) in [6.07, 6.45) is 0.769. The van der Waals surface area contributed by atoms with Gasteiger partial charge < -0.3 is 4.74 Å². The molecule has 14 heavy (non-hydrogen) atoms. The Morgan fingerprint density at radius 2 is 2.21 bits per heavy atom. The molecule has 0 spiro atoms. The largest absolute Gasteiger partial charge is 0.454 e. The Kier molecular flexibility index (Phi) is 2.12. The summed E-state index contributed by atoms with van der Waals surface area (Å²) in [7, 11) is 0. The minimum atomic E-state index is -0.301. The number of hydrogen-bond donors (Lipinski definition) is 0. The van der Waals surface area contributed by atoms with E-state index in [1.165, 1.54) is 5.56 Å². The van der Waals surface area contributed by atoms with Crippen molar-refractivity contribution in [3.8, 4) is 0 Å². The number of carbonyl (C=O) groups excluding carboxylic acids is 1. The zero-order valence-electron chi connectivity index (χ0n) is 8.12.